The Morgan fingerprint density at radius 1 is 0.903 bits per heavy atom. The second kappa shape index (κ2) is 8.76. The van der Waals surface area contributed by atoms with Crippen LogP contribution in [0.5, 0.6) is 0 Å². The Balaban J connectivity index is 1.20. The molecule has 4 nitrogen and oxygen atoms in total. The van der Waals surface area contributed by atoms with Crippen molar-refractivity contribution in [3.63, 3.8) is 0 Å². The van der Waals surface area contributed by atoms with Crippen molar-refractivity contribution in [1.82, 2.24) is 14.5 Å². The average molecular weight is 410 g/mol. The van der Waals surface area contributed by atoms with E-state index < -0.39 is 0 Å². The highest BCUT2D eigenvalue weighted by Crippen LogP contribution is 2.25. The molecule has 2 heterocycles. The van der Waals surface area contributed by atoms with Gasteiger partial charge in [0.05, 0.1) is 6.42 Å². The van der Waals surface area contributed by atoms with Crippen LogP contribution in [0.2, 0.25) is 0 Å². The quantitative estimate of drug-likeness (QED) is 0.455. The monoisotopic (exact) mass is 409 g/mol. The molecule has 5 rings (SSSR count). The zero-order valence-electron chi connectivity index (χ0n) is 17.7. The predicted molar refractivity (Wildman–Crippen MR) is 125 cm³/mol. The molecule has 0 spiro atoms. The standard InChI is InChI=1S/C27H27N3O/c31-26(19-24-11-6-10-22-7-4-5-12-25(22)24)29-16-13-21(14-17-29)20-30-18-15-28-27(30)23-8-2-1-3-9-23/h1-12,15,18,21H,13-14,16-17,19-20H2. The van der Waals surface area contributed by atoms with Crippen molar-refractivity contribution in [3.05, 3.63) is 90.8 Å². The van der Waals surface area contributed by atoms with Crippen molar-refractivity contribution in [1.29, 1.82) is 0 Å². The summed E-state index contributed by atoms with van der Waals surface area (Å²) in [5.74, 6) is 1.83. The van der Waals surface area contributed by atoms with Gasteiger partial charge in [0.15, 0.2) is 0 Å². The third-order valence-electron chi connectivity index (χ3n) is 6.39. The first-order valence-corrected chi connectivity index (χ1v) is 11.1. The summed E-state index contributed by atoms with van der Waals surface area (Å²) in [6, 6.07) is 24.9. The maximum atomic E-state index is 13.0. The number of hydrogen-bond acceptors (Lipinski definition) is 2. The van der Waals surface area contributed by atoms with E-state index >= 15 is 0 Å². The molecule has 0 bridgehead atoms. The van der Waals surface area contributed by atoms with E-state index in [1.165, 1.54) is 10.8 Å². The van der Waals surface area contributed by atoms with Crippen molar-refractivity contribution in [2.45, 2.75) is 25.8 Å². The van der Waals surface area contributed by atoms with Crippen molar-refractivity contribution in [2.75, 3.05) is 13.1 Å². The van der Waals surface area contributed by atoms with Gasteiger partial charge in [0.25, 0.3) is 0 Å². The van der Waals surface area contributed by atoms with Crippen LogP contribution in [0.25, 0.3) is 22.2 Å². The minimum atomic E-state index is 0.238. The summed E-state index contributed by atoms with van der Waals surface area (Å²) in [6.45, 7) is 2.63. The van der Waals surface area contributed by atoms with Gasteiger partial charge in [-0.05, 0) is 35.1 Å². The highest BCUT2D eigenvalue weighted by Gasteiger charge is 2.24. The molecule has 1 aliphatic rings. The minimum Gasteiger partial charge on any atom is -0.342 e. The van der Waals surface area contributed by atoms with Gasteiger partial charge in [-0.15, -0.1) is 0 Å². The fourth-order valence-electron chi connectivity index (χ4n) is 4.67. The molecule has 31 heavy (non-hydrogen) atoms. The Hall–Kier alpha value is -3.40. The SMILES string of the molecule is O=C(Cc1cccc2ccccc12)N1CCC(Cn2ccnc2-c2ccccc2)CC1. The number of imidazole rings is 1. The van der Waals surface area contributed by atoms with Gasteiger partial charge in [-0.2, -0.15) is 0 Å². The van der Waals surface area contributed by atoms with Gasteiger partial charge < -0.3 is 9.47 Å². The number of amides is 1. The molecule has 1 aliphatic heterocycles. The lowest BCUT2D eigenvalue weighted by Crippen LogP contribution is -2.40. The zero-order valence-corrected chi connectivity index (χ0v) is 17.7. The van der Waals surface area contributed by atoms with Crippen LogP contribution in [0.15, 0.2) is 85.2 Å². The molecule has 1 saturated heterocycles. The van der Waals surface area contributed by atoms with Crippen LogP contribution in [0.1, 0.15) is 18.4 Å². The number of carbonyl (C=O) groups is 1. The zero-order chi connectivity index (χ0) is 21.0. The van der Waals surface area contributed by atoms with Crippen LogP contribution >= 0.6 is 0 Å². The molecule has 156 valence electrons. The lowest BCUT2D eigenvalue weighted by atomic mass is 9.95. The van der Waals surface area contributed by atoms with Crippen molar-refractivity contribution in [2.24, 2.45) is 5.92 Å². The largest absolute Gasteiger partial charge is 0.342 e. The van der Waals surface area contributed by atoms with Gasteiger partial charge in [-0.3, -0.25) is 4.79 Å². The predicted octanol–water partition coefficient (Wildman–Crippen LogP) is 5.18. The molecule has 0 aliphatic carbocycles. The topological polar surface area (TPSA) is 38.1 Å². The van der Waals surface area contributed by atoms with Crippen molar-refractivity contribution < 1.29 is 4.79 Å². The number of benzene rings is 3. The molecular formula is C27H27N3O. The summed E-state index contributed by atoms with van der Waals surface area (Å²) in [5.41, 5.74) is 2.27. The third-order valence-corrected chi connectivity index (χ3v) is 6.39. The molecule has 0 saturated carbocycles. The Bertz CT molecular complexity index is 1170. The Morgan fingerprint density at radius 3 is 2.48 bits per heavy atom. The molecule has 0 atom stereocenters. The number of nitrogens with zero attached hydrogens (tertiary/aromatic N) is 3. The van der Waals surface area contributed by atoms with E-state index in [4.69, 9.17) is 0 Å². The van der Waals surface area contributed by atoms with E-state index in [0.717, 1.165) is 49.4 Å². The first-order valence-electron chi connectivity index (χ1n) is 11.1. The summed E-state index contributed by atoms with van der Waals surface area (Å²) in [4.78, 5) is 19.6. The number of carbonyl (C=O) groups excluding carboxylic acids is 1. The number of aromatic nitrogens is 2. The van der Waals surface area contributed by atoms with E-state index in [1.807, 2.05) is 47.5 Å². The van der Waals surface area contributed by atoms with Crippen LogP contribution in [0, 0.1) is 5.92 Å². The van der Waals surface area contributed by atoms with Crippen molar-refractivity contribution in [3.8, 4) is 11.4 Å². The molecule has 3 aromatic carbocycles. The smallest absolute Gasteiger partial charge is 0.227 e. The maximum Gasteiger partial charge on any atom is 0.227 e. The highest BCUT2D eigenvalue weighted by molar-refractivity contribution is 5.90. The van der Waals surface area contributed by atoms with Gasteiger partial charge in [0, 0.05) is 37.6 Å². The van der Waals surface area contributed by atoms with Gasteiger partial charge in [0.1, 0.15) is 5.82 Å². The maximum absolute atomic E-state index is 13.0. The first-order chi connectivity index (χ1) is 15.3. The van der Waals surface area contributed by atoms with E-state index in [-0.39, 0.29) is 5.91 Å². The Labute approximate surface area is 183 Å². The fraction of sp³-hybridized carbons (Fsp3) is 0.259. The average Bonchev–Trinajstić information content (AvgIpc) is 3.28. The van der Waals surface area contributed by atoms with E-state index in [1.54, 1.807) is 0 Å². The van der Waals surface area contributed by atoms with Gasteiger partial charge in [-0.25, -0.2) is 4.98 Å². The molecule has 1 fully saturated rings. The number of hydrogen-bond donors (Lipinski definition) is 0. The summed E-state index contributed by atoms with van der Waals surface area (Å²) in [6.07, 6.45) is 6.50. The summed E-state index contributed by atoms with van der Waals surface area (Å²) in [5, 5.41) is 2.38. The van der Waals surface area contributed by atoms with Crippen LogP contribution < -0.4 is 0 Å². The second-order valence-corrected chi connectivity index (χ2v) is 8.41. The molecule has 0 radical (unpaired) electrons. The van der Waals surface area contributed by atoms with Crippen molar-refractivity contribution >= 4 is 16.7 Å². The van der Waals surface area contributed by atoms with E-state index in [0.29, 0.717) is 12.3 Å². The van der Waals surface area contributed by atoms with Crippen LogP contribution in [-0.2, 0) is 17.8 Å². The molecule has 1 amide bonds. The molecule has 0 N–H and O–H groups in total. The van der Waals surface area contributed by atoms with Gasteiger partial charge in [-0.1, -0.05) is 72.8 Å². The number of likely N-dealkylation sites (tertiary alicyclic amines) is 1. The fourth-order valence-corrected chi connectivity index (χ4v) is 4.67. The molecule has 4 aromatic rings. The van der Waals surface area contributed by atoms with E-state index in [2.05, 4.69) is 52.1 Å². The van der Waals surface area contributed by atoms with Crippen LogP contribution in [0.3, 0.4) is 0 Å². The molecule has 4 heteroatoms. The lowest BCUT2D eigenvalue weighted by molar-refractivity contribution is -0.131. The Kier molecular flexibility index (Phi) is 5.53. The van der Waals surface area contributed by atoms with E-state index in [9.17, 15) is 4.79 Å². The number of rotatable bonds is 5. The Morgan fingerprint density at radius 2 is 1.65 bits per heavy atom. The summed E-state index contributed by atoms with van der Waals surface area (Å²) >= 11 is 0. The number of piperidine rings is 1. The first kappa shape index (κ1) is 19.6. The lowest BCUT2D eigenvalue weighted by Gasteiger charge is -2.32. The second-order valence-electron chi connectivity index (χ2n) is 8.41. The minimum absolute atomic E-state index is 0.238. The number of fused-ring (bicyclic) bond motifs is 1. The molecular weight excluding hydrogens is 382 g/mol. The van der Waals surface area contributed by atoms with Gasteiger partial charge in [0.2, 0.25) is 5.91 Å². The van der Waals surface area contributed by atoms with Crippen LogP contribution in [-0.4, -0.2) is 33.4 Å². The third kappa shape index (κ3) is 4.24. The van der Waals surface area contributed by atoms with Crippen LogP contribution in [0.4, 0.5) is 0 Å². The normalized spacial score (nSPS) is 14.8. The molecule has 0 unspecified atom stereocenters. The summed E-state index contributed by atoms with van der Waals surface area (Å²) in [7, 11) is 0. The molecule has 1 aromatic heterocycles. The highest BCUT2D eigenvalue weighted by atomic mass is 16.2. The van der Waals surface area contributed by atoms with Gasteiger partial charge >= 0.3 is 0 Å². The summed E-state index contributed by atoms with van der Waals surface area (Å²) < 4.78 is 2.26.